The zero-order valence-electron chi connectivity index (χ0n) is 10.8. The van der Waals surface area contributed by atoms with Crippen LogP contribution in [-0.2, 0) is 18.3 Å². The molecule has 0 radical (unpaired) electrons. The molecule has 92 valence electrons. The molecule has 0 amide bonds. The molecule has 1 N–H and O–H groups in total. The van der Waals surface area contributed by atoms with E-state index in [-0.39, 0.29) is 5.41 Å². The first-order valence-electron chi connectivity index (χ1n) is 6.07. The minimum Gasteiger partial charge on any atom is -0.507 e. The third kappa shape index (κ3) is 2.04. The van der Waals surface area contributed by atoms with Gasteiger partial charge < -0.3 is 9.84 Å². The number of fused-ring (bicyclic) bond motifs is 1. The molecule has 0 atom stereocenters. The van der Waals surface area contributed by atoms with Gasteiger partial charge in [-0.05, 0) is 17.9 Å². The zero-order chi connectivity index (χ0) is 12.6. The molecule has 0 bridgehead atoms. The van der Waals surface area contributed by atoms with Gasteiger partial charge in [-0.2, -0.15) is 0 Å². The number of aromatic hydroxyl groups is 1. The first-order chi connectivity index (χ1) is 7.95. The Morgan fingerprint density at radius 3 is 2.76 bits per heavy atom. The summed E-state index contributed by atoms with van der Waals surface area (Å²) in [4.78, 5) is 0. The summed E-state index contributed by atoms with van der Waals surface area (Å²) < 4.78 is 5.63. The summed E-state index contributed by atoms with van der Waals surface area (Å²) in [5.41, 5.74) is 3.01. The molecule has 1 aliphatic heterocycles. The molecule has 1 aromatic carbocycles. The Kier molecular flexibility index (Phi) is 2.90. The average molecular weight is 232 g/mol. The van der Waals surface area contributed by atoms with Crippen LogP contribution in [0.15, 0.2) is 18.7 Å². The topological polar surface area (TPSA) is 29.5 Å². The Balaban J connectivity index is 2.64. The van der Waals surface area contributed by atoms with Gasteiger partial charge in [0, 0.05) is 23.1 Å². The largest absolute Gasteiger partial charge is 0.507 e. The summed E-state index contributed by atoms with van der Waals surface area (Å²) in [6.45, 7) is 10.8. The monoisotopic (exact) mass is 232 g/mol. The molecule has 1 aromatic rings. The molecule has 0 saturated carbocycles. The van der Waals surface area contributed by atoms with Gasteiger partial charge in [0.05, 0.1) is 6.61 Å². The third-order valence-electron chi connectivity index (χ3n) is 3.24. The van der Waals surface area contributed by atoms with Crippen molar-refractivity contribution in [3.05, 3.63) is 35.4 Å². The Hall–Kier alpha value is -1.44. The van der Waals surface area contributed by atoms with Gasteiger partial charge in [-0.3, -0.25) is 0 Å². The van der Waals surface area contributed by atoms with E-state index >= 15 is 0 Å². The van der Waals surface area contributed by atoms with Crippen molar-refractivity contribution in [3.8, 4) is 11.5 Å². The van der Waals surface area contributed by atoms with Gasteiger partial charge in [0.15, 0.2) is 0 Å². The number of rotatable bonds is 2. The highest BCUT2D eigenvalue weighted by atomic mass is 16.5. The number of phenols is 1. The third-order valence-corrected chi connectivity index (χ3v) is 3.24. The lowest BCUT2D eigenvalue weighted by molar-refractivity contribution is 0.355. The van der Waals surface area contributed by atoms with E-state index in [1.165, 1.54) is 0 Å². The molecule has 1 heterocycles. The molecule has 0 saturated heterocycles. The van der Waals surface area contributed by atoms with Gasteiger partial charge >= 0.3 is 0 Å². The smallest absolute Gasteiger partial charge is 0.123 e. The number of allylic oxidation sites excluding steroid dienone is 1. The van der Waals surface area contributed by atoms with E-state index in [2.05, 4.69) is 27.4 Å². The van der Waals surface area contributed by atoms with Crippen LogP contribution < -0.4 is 4.74 Å². The van der Waals surface area contributed by atoms with Crippen LogP contribution in [0.3, 0.4) is 0 Å². The number of ether oxygens (including phenoxy) is 1. The fourth-order valence-corrected chi connectivity index (χ4v) is 2.34. The van der Waals surface area contributed by atoms with Crippen molar-refractivity contribution >= 4 is 0 Å². The first-order valence-corrected chi connectivity index (χ1v) is 6.07. The van der Waals surface area contributed by atoms with Crippen LogP contribution in [0.2, 0.25) is 0 Å². The lowest BCUT2D eigenvalue weighted by Crippen LogP contribution is -2.12. The highest BCUT2D eigenvalue weighted by molar-refractivity contribution is 5.57. The van der Waals surface area contributed by atoms with Gasteiger partial charge in [-0.1, -0.05) is 26.8 Å². The summed E-state index contributed by atoms with van der Waals surface area (Å²) >= 11 is 0. The maximum absolute atomic E-state index is 10.4. The molecule has 2 rings (SSSR count). The van der Waals surface area contributed by atoms with Crippen molar-refractivity contribution in [1.82, 2.24) is 0 Å². The number of hydrogen-bond acceptors (Lipinski definition) is 2. The van der Waals surface area contributed by atoms with Crippen molar-refractivity contribution in [2.75, 3.05) is 6.61 Å². The summed E-state index contributed by atoms with van der Waals surface area (Å²) in [5.74, 6) is 1.35. The summed E-state index contributed by atoms with van der Waals surface area (Å²) in [7, 11) is 0. The first kappa shape index (κ1) is 12.0. The van der Waals surface area contributed by atoms with E-state index in [4.69, 9.17) is 4.74 Å². The quantitative estimate of drug-likeness (QED) is 0.792. The van der Waals surface area contributed by atoms with Crippen molar-refractivity contribution in [2.45, 2.75) is 39.0 Å². The van der Waals surface area contributed by atoms with E-state index in [1.807, 2.05) is 12.1 Å². The highest BCUT2D eigenvalue weighted by Gasteiger charge is 2.26. The molecular weight excluding hydrogens is 212 g/mol. The van der Waals surface area contributed by atoms with E-state index < -0.39 is 0 Å². The zero-order valence-corrected chi connectivity index (χ0v) is 10.8. The van der Waals surface area contributed by atoms with Gasteiger partial charge in [0.2, 0.25) is 0 Å². The Morgan fingerprint density at radius 2 is 2.18 bits per heavy atom. The fourth-order valence-electron chi connectivity index (χ4n) is 2.34. The van der Waals surface area contributed by atoms with Crippen molar-refractivity contribution in [2.24, 2.45) is 0 Å². The second kappa shape index (κ2) is 4.10. The SMILES string of the molecule is C=CCc1c(O)c(C(C)(C)C)cc2c1CCO2. The second-order valence-corrected chi connectivity index (χ2v) is 5.57. The molecule has 2 nitrogen and oxygen atoms in total. The van der Waals surface area contributed by atoms with E-state index in [0.717, 1.165) is 28.9 Å². The lowest BCUT2D eigenvalue weighted by Gasteiger charge is -2.23. The molecule has 0 unspecified atom stereocenters. The molecule has 1 aliphatic rings. The fraction of sp³-hybridized carbons (Fsp3) is 0.467. The molecule has 0 spiro atoms. The predicted octanol–water partition coefficient (Wildman–Crippen LogP) is 3.35. The van der Waals surface area contributed by atoms with Crippen LogP contribution in [0.25, 0.3) is 0 Å². The Morgan fingerprint density at radius 1 is 1.47 bits per heavy atom. The Labute approximate surface area is 103 Å². The minimum atomic E-state index is -0.0824. The van der Waals surface area contributed by atoms with Crippen LogP contribution in [0.4, 0.5) is 0 Å². The lowest BCUT2D eigenvalue weighted by atomic mass is 9.83. The highest BCUT2D eigenvalue weighted by Crippen LogP contribution is 2.42. The molecule has 0 aromatic heterocycles. The van der Waals surface area contributed by atoms with Crippen molar-refractivity contribution < 1.29 is 9.84 Å². The van der Waals surface area contributed by atoms with Crippen LogP contribution in [0.1, 0.15) is 37.5 Å². The molecule has 17 heavy (non-hydrogen) atoms. The molecular formula is C15H20O2. The van der Waals surface area contributed by atoms with Crippen molar-refractivity contribution in [1.29, 1.82) is 0 Å². The van der Waals surface area contributed by atoms with Crippen LogP contribution >= 0.6 is 0 Å². The van der Waals surface area contributed by atoms with Gasteiger partial charge in [0.25, 0.3) is 0 Å². The summed E-state index contributed by atoms with van der Waals surface area (Å²) in [6.07, 6.45) is 3.41. The average Bonchev–Trinajstić information content (AvgIpc) is 2.68. The minimum absolute atomic E-state index is 0.0824. The van der Waals surface area contributed by atoms with Crippen LogP contribution in [-0.4, -0.2) is 11.7 Å². The molecule has 0 aliphatic carbocycles. The predicted molar refractivity (Wildman–Crippen MR) is 69.9 cm³/mol. The van der Waals surface area contributed by atoms with Gasteiger partial charge in [-0.15, -0.1) is 6.58 Å². The van der Waals surface area contributed by atoms with Crippen LogP contribution in [0.5, 0.6) is 11.5 Å². The van der Waals surface area contributed by atoms with E-state index in [1.54, 1.807) is 0 Å². The molecule has 2 heteroatoms. The number of hydrogen-bond donors (Lipinski definition) is 1. The van der Waals surface area contributed by atoms with Crippen molar-refractivity contribution in [3.63, 3.8) is 0 Å². The van der Waals surface area contributed by atoms with Gasteiger partial charge in [0.1, 0.15) is 11.5 Å². The molecule has 0 fully saturated rings. The normalized spacial score (nSPS) is 14.3. The standard InChI is InChI=1S/C15H20O2/c1-5-6-11-10-7-8-17-13(10)9-12(14(11)16)15(2,3)4/h5,9,16H,1,6-8H2,2-4H3. The van der Waals surface area contributed by atoms with Gasteiger partial charge in [-0.25, -0.2) is 0 Å². The second-order valence-electron chi connectivity index (χ2n) is 5.57. The Bertz CT molecular complexity index is 453. The summed E-state index contributed by atoms with van der Waals surface area (Å²) in [6, 6.07) is 1.99. The maximum atomic E-state index is 10.4. The maximum Gasteiger partial charge on any atom is 0.123 e. The van der Waals surface area contributed by atoms with Crippen LogP contribution in [0, 0.1) is 0 Å². The van der Waals surface area contributed by atoms with E-state index in [0.29, 0.717) is 18.8 Å². The number of benzene rings is 1. The van der Waals surface area contributed by atoms with E-state index in [9.17, 15) is 5.11 Å². The summed E-state index contributed by atoms with van der Waals surface area (Å²) in [5, 5.41) is 10.4. The number of phenolic OH excluding ortho intramolecular Hbond substituents is 1.